The molecule has 0 N–H and O–H groups in total. The second-order valence-corrected chi connectivity index (χ2v) is 11.3. The Bertz CT molecular complexity index is 1450. The van der Waals surface area contributed by atoms with Gasteiger partial charge in [-0.2, -0.15) is 0 Å². The van der Waals surface area contributed by atoms with Crippen LogP contribution in [0.15, 0.2) is 82.6 Å². The quantitative estimate of drug-likeness (QED) is 0.264. The van der Waals surface area contributed by atoms with Crippen LogP contribution in [0.2, 0.25) is 0 Å². The van der Waals surface area contributed by atoms with Crippen LogP contribution in [0.3, 0.4) is 0 Å². The van der Waals surface area contributed by atoms with Gasteiger partial charge in [0.15, 0.2) is 0 Å². The first-order valence-corrected chi connectivity index (χ1v) is 13.4. The van der Waals surface area contributed by atoms with Gasteiger partial charge in [-0.1, -0.05) is 42.0 Å². The van der Waals surface area contributed by atoms with Crippen molar-refractivity contribution in [2.75, 3.05) is 7.11 Å². The van der Waals surface area contributed by atoms with E-state index in [0.29, 0.717) is 5.75 Å². The molecule has 0 saturated heterocycles. The van der Waals surface area contributed by atoms with Gasteiger partial charge in [0.25, 0.3) is 0 Å². The molecule has 0 aliphatic rings. The highest BCUT2D eigenvalue weighted by molar-refractivity contribution is 7.91. The molecule has 0 fully saturated rings. The van der Waals surface area contributed by atoms with Gasteiger partial charge in [-0.3, -0.25) is 0 Å². The van der Waals surface area contributed by atoms with Gasteiger partial charge in [-0.15, -0.1) is 0 Å². The molecule has 4 rings (SSSR count). The predicted molar refractivity (Wildman–Crippen MR) is 144 cm³/mol. The standard InChI is InChI=1S/C31H32O4S/c1-20-7-11-28(12-8-20)36(32,33)29-13-9-27(10-14-29)35-31-23(4)17-26(18-24(31)5)19-25-15-21(2)30(34-6)22(3)16-25/h7-18H,19H2,1-6H3. The molecule has 0 spiro atoms. The first-order valence-electron chi connectivity index (χ1n) is 11.9. The van der Waals surface area contributed by atoms with Crippen LogP contribution >= 0.6 is 0 Å². The zero-order valence-electron chi connectivity index (χ0n) is 21.7. The highest BCUT2D eigenvalue weighted by atomic mass is 32.2. The minimum absolute atomic E-state index is 0.243. The summed E-state index contributed by atoms with van der Waals surface area (Å²) in [5.74, 6) is 2.32. The summed E-state index contributed by atoms with van der Waals surface area (Å²) in [5, 5.41) is 0. The van der Waals surface area contributed by atoms with Crippen molar-refractivity contribution in [3.05, 3.63) is 112 Å². The highest BCUT2D eigenvalue weighted by Gasteiger charge is 2.18. The Morgan fingerprint density at radius 3 is 1.47 bits per heavy atom. The van der Waals surface area contributed by atoms with Gasteiger partial charge < -0.3 is 9.47 Å². The fraction of sp³-hybridized carbons (Fsp3) is 0.226. The van der Waals surface area contributed by atoms with Crippen LogP contribution in [-0.2, 0) is 16.3 Å². The molecule has 0 saturated carbocycles. The summed E-state index contributed by atoms with van der Waals surface area (Å²) in [7, 11) is -1.87. The van der Waals surface area contributed by atoms with Crippen LogP contribution < -0.4 is 9.47 Å². The van der Waals surface area contributed by atoms with Crippen molar-refractivity contribution < 1.29 is 17.9 Å². The van der Waals surface area contributed by atoms with E-state index in [4.69, 9.17) is 9.47 Å². The van der Waals surface area contributed by atoms with Crippen molar-refractivity contribution in [2.24, 2.45) is 0 Å². The van der Waals surface area contributed by atoms with Gasteiger partial charge in [0.05, 0.1) is 16.9 Å². The third-order valence-corrected chi connectivity index (χ3v) is 8.12. The van der Waals surface area contributed by atoms with E-state index in [1.54, 1.807) is 55.6 Å². The lowest BCUT2D eigenvalue weighted by molar-refractivity contribution is 0.408. The molecule has 0 aliphatic carbocycles. The molecule has 0 aromatic heterocycles. The monoisotopic (exact) mass is 500 g/mol. The molecule has 0 heterocycles. The van der Waals surface area contributed by atoms with Crippen molar-refractivity contribution in [1.29, 1.82) is 0 Å². The molecule has 5 heteroatoms. The van der Waals surface area contributed by atoms with Crippen LogP contribution in [0.5, 0.6) is 17.2 Å². The van der Waals surface area contributed by atoms with Gasteiger partial charge in [0.1, 0.15) is 17.2 Å². The average Bonchev–Trinajstić information content (AvgIpc) is 2.82. The molecule has 4 nitrogen and oxygen atoms in total. The molecule has 0 bridgehead atoms. The minimum Gasteiger partial charge on any atom is -0.496 e. The van der Waals surface area contributed by atoms with E-state index in [2.05, 4.69) is 38.1 Å². The van der Waals surface area contributed by atoms with Crippen LogP contribution in [-0.4, -0.2) is 15.5 Å². The van der Waals surface area contributed by atoms with Crippen LogP contribution in [0.1, 0.15) is 38.9 Å². The first-order chi connectivity index (χ1) is 17.1. The number of sulfone groups is 1. The van der Waals surface area contributed by atoms with E-state index in [-0.39, 0.29) is 9.79 Å². The molecule has 4 aromatic carbocycles. The van der Waals surface area contributed by atoms with E-state index in [1.165, 1.54) is 11.1 Å². The van der Waals surface area contributed by atoms with E-state index >= 15 is 0 Å². The predicted octanol–water partition coefficient (Wildman–Crippen LogP) is 7.45. The SMILES string of the molecule is COc1c(C)cc(Cc2cc(C)c(Oc3ccc(S(=O)(=O)c4ccc(C)cc4)cc3)c(C)c2)cc1C. The highest BCUT2D eigenvalue weighted by Crippen LogP contribution is 2.33. The molecule has 0 atom stereocenters. The summed E-state index contributed by atoms with van der Waals surface area (Å²) in [6.07, 6.45) is 0.819. The number of methoxy groups -OCH3 is 1. The number of rotatable bonds is 7. The summed E-state index contributed by atoms with van der Waals surface area (Å²) >= 11 is 0. The molecule has 0 unspecified atom stereocenters. The summed E-state index contributed by atoms with van der Waals surface area (Å²) in [4.78, 5) is 0.527. The number of ether oxygens (including phenoxy) is 2. The maximum atomic E-state index is 12.9. The van der Waals surface area contributed by atoms with Gasteiger partial charge in [-0.25, -0.2) is 8.42 Å². The average molecular weight is 501 g/mol. The van der Waals surface area contributed by atoms with Crippen molar-refractivity contribution in [2.45, 2.75) is 50.8 Å². The Hall–Kier alpha value is -3.57. The lowest BCUT2D eigenvalue weighted by Gasteiger charge is -2.15. The largest absolute Gasteiger partial charge is 0.496 e. The Morgan fingerprint density at radius 1 is 0.611 bits per heavy atom. The Labute approximate surface area is 214 Å². The van der Waals surface area contributed by atoms with Crippen LogP contribution in [0, 0.1) is 34.6 Å². The molecule has 36 heavy (non-hydrogen) atoms. The number of aryl methyl sites for hydroxylation is 5. The normalized spacial score (nSPS) is 11.4. The molecular weight excluding hydrogens is 468 g/mol. The third kappa shape index (κ3) is 5.31. The van der Waals surface area contributed by atoms with E-state index in [9.17, 15) is 8.42 Å². The molecule has 0 radical (unpaired) electrons. The minimum atomic E-state index is -3.57. The smallest absolute Gasteiger partial charge is 0.206 e. The molecule has 0 aliphatic heterocycles. The van der Waals surface area contributed by atoms with Gasteiger partial charge in [-0.05, 0) is 111 Å². The number of hydrogen-bond acceptors (Lipinski definition) is 4. The topological polar surface area (TPSA) is 52.6 Å². The first kappa shape index (κ1) is 25.5. The van der Waals surface area contributed by atoms with Crippen LogP contribution in [0.4, 0.5) is 0 Å². The van der Waals surface area contributed by atoms with Crippen molar-refractivity contribution in [3.8, 4) is 17.2 Å². The number of benzene rings is 4. The maximum Gasteiger partial charge on any atom is 0.206 e. The van der Waals surface area contributed by atoms with Gasteiger partial charge in [0, 0.05) is 0 Å². The van der Waals surface area contributed by atoms with Crippen molar-refractivity contribution in [3.63, 3.8) is 0 Å². The Balaban J connectivity index is 1.53. The summed E-state index contributed by atoms with van der Waals surface area (Å²) in [6.45, 7) is 10.1. The van der Waals surface area contributed by atoms with E-state index < -0.39 is 9.84 Å². The Kier molecular flexibility index (Phi) is 7.23. The summed E-state index contributed by atoms with van der Waals surface area (Å²) in [6, 6.07) is 22.1. The lowest BCUT2D eigenvalue weighted by atomic mass is 9.97. The van der Waals surface area contributed by atoms with Gasteiger partial charge in [0.2, 0.25) is 9.84 Å². The fourth-order valence-corrected chi connectivity index (χ4v) is 5.92. The molecule has 0 amide bonds. The third-order valence-electron chi connectivity index (χ3n) is 6.34. The van der Waals surface area contributed by atoms with Gasteiger partial charge >= 0.3 is 0 Å². The van der Waals surface area contributed by atoms with Crippen molar-refractivity contribution in [1.82, 2.24) is 0 Å². The molecular formula is C31H32O4S. The summed E-state index contributed by atoms with van der Waals surface area (Å²) < 4.78 is 37.6. The lowest BCUT2D eigenvalue weighted by Crippen LogP contribution is -2.02. The second kappa shape index (κ2) is 10.2. The van der Waals surface area contributed by atoms with Crippen molar-refractivity contribution >= 4 is 9.84 Å². The Morgan fingerprint density at radius 2 is 1.03 bits per heavy atom. The second-order valence-electron chi connectivity index (χ2n) is 9.39. The van der Waals surface area contributed by atoms with E-state index in [0.717, 1.165) is 45.7 Å². The van der Waals surface area contributed by atoms with E-state index in [1.807, 2.05) is 20.8 Å². The maximum absolute atomic E-state index is 12.9. The zero-order chi connectivity index (χ0) is 26.0. The molecule has 186 valence electrons. The number of hydrogen-bond donors (Lipinski definition) is 0. The fourth-order valence-electron chi connectivity index (χ4n) is 4.66. The summed E-state index contributed by atoms with van der Waals surface area (Å²) in [5.41, 5.74) is 7.79. The molecule has 4 aromatic rings. The van der Waals surface area contributed by atoms with Crippen LogP contribution in [0.25, 0.3) is 0 Å². The zero-order valence-corrected chi connectivity index (χ0v) is 22.5.